The number of carbonyl (C=O) groups is 1. The van der Waals surface area contributed by atoms with E-state index in [1.54, 1.807) is 18.2 Å². The number of hydrogen-bond donors (Lipinski definition) is 1. The molecular weight excluding hydrogens is 415 g/mol. The maximum absolute atomic E-state index is 13.4. The summed E-state index contributed by atoms with van der Waals surface area (Å²) in [6.45, 7) is 0. The van der Waals surface area contributed by atoms with Crippen molar-refractivity contribution in [3.05, 3.63) is 94.0 Å². The van der Waals surface area contributed by atoms with Gasteiger partial charge in [0.1, 0.15) is 11.2 Å². The summed E-state index contributed by atoms with van der Waals surface area (Å²) in [6, 6.07) is 17.5. The first-order valence-electron chi connectivity index (χ1n) is 9.17. The number of halogens is 4. The van der Waals surface area contributed by atoms with Gasteiger partial charge in [-0.05, 0) is 47.9 Å². The van der Waals surface area contributed by atoms with Crippen LogP contribution in [0, 0.1) is 0 Å². The number of amides is 1. The summed E-state index contributed by atoms with van der Waals surface area (Å²) in [5.41, 5.74) is -0.190. The van der Waals surface area contributed by atoms with Crippen LogP contribution in [0.25, 0.3) is 0 Å². The van der Waals surface area contributed by atoms with E-state index in [0.29, 0.717) is 21.9 Å². The Morgan fingerprint density at radius 2 is 1.73 bits per heavy atom. The molecule has 1 N–H and O–H groups in total. The number of methoxy groups -OCH3 is 1. The fourth-order valence-corrected chi connectivity index (χ4v) is 4.17. The average molecular weight is 432 g/mol. The molecule has 154 valence electrons. The smallest absolute Gasteiger partial charge is 0.416 e. The molecule has 1 aliphatic rings. The highest BCUT2D eigenvalue weighted by Gasteiger charge is 2.50. The molecule has 1 heterocycles. The first-order valence-corrected chi connectivity index (χ1v) is 9.54. The third-order valence-corrected chi connectivity index (χ3v) is 5.61. The van der Waals surface area contributed by atoms with E-state index in [4.69, 9.17) is 16.3 Å². The van der Waals surface area contributed by atoms with E-state index < -0.39 is 23.1 Å². The number of anilines is 1. The van der Waals surface area contributed by atoms with E-state index in [-0.39, 0.29) is 12.1 Å². The fraction of sp³-hybridized carbons (Fsp3) is 0.174. The molecule has 0 fully saturated rings. The lowest BCUT2D eigenvalue weighted by Crippen LogP contribution is -2.38. The van der Waals surface area contributed by atoms with E-state index in [2.05, 4.69) is 5.32 Å². The number of hydrogen-bond acceptors (Lipinski definition) is 2. The molecule has 3 nitrogen and oxygen atoms in total. The molecule has 0 saturated carbocycles. The predicted molar refractivity (Wildman–Crippen MR) is 109 cm³/mol. The second-order valence-corrected chi connectivity index (χ2v) is 7.56. The van der Waals surface area contributed by atoms with Crippen molar-refractivity contribution in [1.29, 1.82) is 0 Å². The Labute approximate surface area is 176 Å². The molecule has 0 saturated heterocycles. The van der Waals surface area contributed by atoms with Crippen LogP contribution in [-0.2, 0) is 22.8 Å². The van der Waals surface area contributed by atoms with Crippen LogP contribution in [0.1, 0.15) is 22.3 Å². The Morgan fingerprint density at radius 3 is 2.40 bits per heavy atom. The van der Waals surface area contributed by atoms with Crippen molar-refractivity contribution in [2.75, 3.05) is 12.4 Å². The molecule has 0 spiro atoms. The molecule has 1 atom stereocenters. The van der Waals surface area contributed by atoms with E-state index >= 15 is 0 Å². The number of nitrogens with one attached hydrogen (secondary N) is 1. The van der Waals surface area contributed by atoms with Crippen LogP contribution in [-0.4, -0.2) is 13.0 Å². The van der Waals surface area contributed by atoms with Crippen LogP contribution < -0.4 is 10.1 Å². The van der Waals surface area contributed by atoms with Crippen LogP contribution in [0.4, 0.5) is 18.9 Å². The summed E-state index contributed by atoms with van der Waals surface area (Å²) in [4.78, 5) is 13.4. The van der Waals surface area contributed by atoms with Gasteiger partial charge in [0.2, 0.25) is 5.91 Å². The van der Waals surface area contributed by atoms with Crippen molar-refractivity contribution in [2.24, 2.45) is 0 Å². The van der Waals surface area contributed by atoms with Gasteiger partial charge in [0, 0.05) is 16.3 Å². The number of carbonyl (C=O) groups excluding carboxylic acids is 1. The topological polar surface area (TPSA) is 38.3 Å². The summed E-state index contributed by atoms with van der Waals surface area (Å²) >= 11 is 6.24. The Morgan fingerprint density at radius 1 is 1.00 bits per heavy atom. The van der Waals surface area contributed by atoms with Gasteiger partial charge >= 0.3 is 6.18 Å². The molecular formula is C23H17ClF3NO2. The lowest BCUT2D eigenvalue weighted by Gasteiger charge is -2.30. The minimum absolute atomic E-state index is 0.132. The zero-order valence-electron chi connectivity index (χ0n) is 15.9. The van der Waals surface area contributed by atoms with E-state index in [9.17, 15) is 18.0 Å². The molecule has 0 aliphatic carbocycles. The molecule has 4 rings (SSSR count). The predicted octanol–water partition coefficient (Wildman–Crippen LogP) is 5.85. The van der Waals surface area contributed by atoms with Crippen molar-refractivity contribution < 1.29 is 22.7 Å². The fourth-order valence-electron chi connectivity index (χ4n) is 4.00. The lowest BCUT2D eigenvalue weighted by molar-refractivity contribution is -0.137. The molecule has 0 aromatic heterocycles. The third-order valence-electron chi connectivity index (χ3n) is 5.38. The molecule has 30 heavy (non-hydrogen) atoms. The van der Waals surface area contributed by atoms with Gasteiger partial charge in [0.25, 0.3) is 0 Å². The van der Waals surface area contributed by atoms with Crippen molar-refractivity contribution in [3.8, 4) is 5.75 Å². The summed E-state index contributed by atoms with van der Waals surface area (Å²) in [7, 11) is 1.48. The highest BCUT2D eigenvalue weighted by Crippen LogP contribution is 2.49. The van der Waals surface area contributed by atoms with Gasteiger partial charge < -0.3 is 10.1 Å². The van der Waals surface area contributed by atoms with Gasteiger partial charge in [-0.3, -0.25) is 4.79 Å². The molecule has 7 heteroatoms. The van der Waals surface area contributed by atoms with Crippen LogP contribution in [0.3, 0.4) is 0 Å². The maximum atomic E-state index is 13.4. The van der Waals surface area contributed by atoms with Gasteiger partial charge in [-0.1, -0.05) is 48.0 Å². The maximum Gasteiger partial charge on any atom is 0.416 e. The highest BCUT2D eigenvalue weighted by molar-refractivity contribution is 6.30. The molecule has 3 aromatic carbocycles. The summed E-state index contributed by atoms with van der Waals surface area (Å²) in [6.07, 6.45) is -4.28. The number of ether oxygens (including phenoxy) is 1. The third kappa shape index (κ3) is 3.31. The van der Waals surface area contributed by atoms with E-state index in [1.807, 2.05) is 30.3 Å². The average Bonchev–Trinajstić information content (AvgIpc) is 2.99. The molecule has 1 amide bonds. The van der Waals surface area contributed by atoms with Crippen LogP contribution >= 0.6 is 11.6 Å². The number of benzene rings is 3. The van der Waals surface area contributed by atoms with E-state index in [0.717, 1.165) is 17.7 Å². The van der Waals surface area contributed by atoms with Crippen LogP contribution in [0.5, 0.6) is 5.75 Å². The Bertz CT molecular complexity index is 1120. The largest absolute Gasteiger partial charge is 0.496 e. The van der Waals surface area contributed by atoms with Crippen LogP contribution in [0.2, 0.25) is 5.02 Å². The summed E-state index contributed by atoms with van der Waals surface area (Å²) < 4.78 is 45.2. The molecule has 0 bridgehead atoms. The Balaban J connectivity index is 1.99. The van der Waals surface area contributed by atoms with Crippen molar-refractivity contribution >= 4 is 23.2 Å². The quantitative estimate of drug-likeness (QED) is 0.563. The van der Waals surface area contributed by atoms with Crippen molar-refractivity contribution in [1.82, 2.24) is 0 Å². The first kappa shape index (κ1) is 20.3. The number of alkyl halides is 3. The van der Waals surface area contributed by atoms with Gasteiger partial charge in [-0.15, -0.1) is 0 Å². The van der Waals surface area contributed by atoms with E-state index in [1.165, 1.54) is 13.2 Å². The summed E-state index contributed by atoms with van der Waals surface area (Å²) in [5, 5.41) is 3.05. The lowest BCUT2D eigenvalue weighted by atomic mass is 9.70. The van der Waals surface area contributed by atoms with Gasteiger partial charge in [-0.2, -0.15) is 13.2 Å². The Kier molecular flexibility index (Phi) is 4.98. The van der Waals surface area contributed by atoms with Crippen molar-refractivity contribution in [3.63, 3.8) is 0 Å². The zero-order valence-corrected chi connectivity index (χ0v) is 16.6. The molecule has 3 aromatic rings. The highest BCUT2D eigenvalue weighted by atomic mass is 35.5. The van der Waals surface area contributed by atoms with Crippen LogP contribution in [0.15, 0.2) is 66.7 Å². The molecule has 0 radical (unpaired) electrons. The minimum Gasteiger partial charge on any atom is -0.496 e. The number of fused-ring (bicyclic) bond motifs is 1. The first-order chi connectivity index (χ1) is 14.3. The van der Waals surface area contributed by atoms with Gasteiger partial charge in [-0.25, -0.2) is 0 Å². The minimum atomic E-state index is -4.52. The monoisotopic (exact) mass is 431 g/mol. The second kappa shape index (κ2) is 7.36. The van der Waals surface area contributed by atoms with Gasteiger partial charge in [0.15, 0.2) is 0 Å². The van der Waals surface area contributed by atoms with Crippen molar-refractivity contribution in [2.45, 2.75) is 18.0 Å². The standard InChI is InChI=1S/C23H17ClF3NO2/c1-30-20-10-8-16(24)12-18(20)22(13-14-5-3-2-4-6-14)17-9-7-15(23(25,26)27)11-19(17)28-21(22)29/h2-12H,13H2,1H3,(H,28,29). The SMILES string of the molecule is COc1ccc(Cl)cc1C1(Cc2ccccc2)C(=O)Nc2cc(C(F)(F)F)ccc21. The molecule has 1 aliphatic heterocycles. The van der Waals surface area contributed by atoms with Gasteiger partial charge in [0.05, 0.1) is 12.7 Å². The molecule has 1 unspecified atom stereocenters. The summed E-state index contributed by atoms with van der Waals surface area (Å²) in [5.74, 6) is -0.000488. The normalized spacial score (nSPS) is 18.1. The second-order valence-electron chi connectivity index (χ2n) is 7.12. The zero-order chi connectivity index (χ0) is 21.5. The number of rotatable bonds is 4. The Hall–Kier alpha value is -2.99.